The first-order valence-electron chi connectivity index (χ1n) is 8.79. The summed E-state index contributed by atoms with van der Waals surface area (Å²) in [7, 11) is 1.88. The van der Waals surface area contributed by atoms with Gasteiger partial charge >= 0.3 is 0 Å². The van der Waals surface area contributed by atoms with Crippen molar-refractivity contribution in [1.29, 1.82) is 0 Å². The lowest BCUT2D eigenvalue weighted by Gasteiger charge is -2.36. The summed E-state index contributed by atoms with van der Waals surface area (Å²) in [6, 6.07) is 5.91. The maximum Gasteiger partial charge on any atom is 0.257 e. The number of rotatable bonds is 5. The number of carbonyl (C=O) groups is 1. The van der Waals surface area contributed by atoms with Crippen molar-refractivity contribution in [1.82, 2.24) is 14.7 Å². The Labute approximate surface area is 146 Å². The van der Waals surface area contributed by atoms with Gasteiger partial charge < -0.3 is 9.64 Å². The van der Waals surface area contributed by atoms with Gasteiger partial charge in [-0.2, -0.15) is 5.10 Å². The molecule has 4 rings (SSSR count). The molecule has 0 saturated heterocycles. The van der Waals surface area contributed by atoms with Crippen LogP contribution in [0.3, 0.4) is 0 Å². The third-order valence-corrected chi connectivity index (χ3v) is 5.07. The van der Waals surface area contributed by atoms with Crippen LogP contribution in [0.25, 0.3) is 0 Å². The van der Waals surface area contributed by atoms with E-state index < -0.39 is 5.82 Å². The number of hydrogen-bond donors (Lipinski definition) is 0. The van der Waals surface area contributed by atoms with Crippen molar-refractivity contribution in [2.24, 2.45) is 13.0 Å². The highest BCUT2D eigenvalue weighted by Gasteiger charge is 2.35. The number of aromatic nitrogens is 2. The highest BCUT2D eigenvalue weighted by atomic mass is 19.1. The highest BCUT2D eigenvalue weighted by molar-refractivity contribution is 5.95. The predicted molar refractivity (Wildman–Crippen MR) is 90.6 cm³/mol. The van der Waals surface area contributed by atoms with Gasteiger partial charge in [-0.3, -0.25) is 9.48 Å². The monoisotopic (exact) mass is 343 g/mol. The Bertz CT molecular complexity index is 785. The van der Waals surface area contributed by atoms with Crippen molar-refractivity contribution < 1.29 is 13.9 Å². The summed E-state index contributed by atoms with van der Waals surface area (Å²) in [6.07, 6.45) is 5.02. The Morgan fingerprint density at radius 3 is 2.88 bits per heavy atom. The molecule has 5 nitrogen and oxygen atoms in total. The Hall–Kier alpha value is -2.21. The van der Waals surface area contributed by atoms with E-state index in [2.05, 4.69) is 5.10 Å². The molecule has 0 radical (unpaired) electrons. The van der Waals surface area contributed by atoms with Gasteiger partial charge in [-0.25, -0.2) is 4.39 Å². The second-order valence-electron chi connectivity index (χ2n) is 6.90. The van der Waals surface area contributed by atoms with Crippen LogP contribution in [0.2, 0.25) is 0 Å². The Morgan fingerprint density at radius 1 is 1.32 bits per heavy atom. The number of benzene rings is 1. The summed E-state index contributed by atoms with van der Waals surface area (Å²) in [5.74, 6) is -0.115. The lowest BCUT2D eigenvalue weighted by molar-refractivity contribution is 0.0345. The van der Waals surface area contributed by atoms with Gasteiger partial charge in [0.25, 0.3) is 5.91 Å². The van der Waals surface area contributed by atoms with Gasteiger partial charge in [0.15, 0.2) is 0 Å². The minimum Gasteiger partial charge on any atom is -0.379 e. The fourth-order valence-corrected chi connectivity index (χ4v) is 3.49. The van der Waals surface area contributed by atoms with Crippen LogP contribution in [0, 0.1) is 11.7 Å². The van der Waals surface area contributed by atoms with Gasteiger partial charge in [0, 0.05) is 20.2 Å². The van der Waals surface area contributed by atoms with Gasteiger partial charge in [-0.15, -0.1) is 0 Å². The predicted octanol–water partition coefficient (Wildman–Crippen LogP) is 2.73. The van der Waals surface area contributed by atoms with Crippen molar-refractivity contribution in [3.63, 3.8) is 0 Å². The summed E-state index contributed by atoms with van der Waals surface area (Å²) in [6.45, 7) is 1.69. The number of halogens is 1. The van der Waals surface area contributed by atoms with Crippen LogP contribution in [0.5, 0.6) is 0 Å². The zero-order valence-corrected chi connectivity index (χ0v) is 14.3. The van der Waals surface area contributed by atoms with E-state index in [1.165, 1.54) is 18.9 Å². The van der Waals surface area contributed by atoms with Crippen LogP contribution in [0.4, 0.5) is 4.39 Å². The molecule has 1 aliphatic carbocycles. The minimum absolute atomic E-state index is 0.111. The number of carbonyl (C=O) groups excluding carboxylic acids is 1. The largest absolute Gasteiger partial charge is 0.379 e. The standard InChI is InChI=1S/C19H22FN3O2/c1-22-18-14(10-21-22)8-9-23(17(18)12-25-11-13-6-7-13)19(24)15-4-2-3-5-16(15)20/h2-5,10,13,17H,6-9,11-12H2,1H3. The molecule has 25 heavy (non-hydrogen) atoms. The van der Waals surface area contributed by atoms with Gasteiger partial charge in [0.05, 0.1) is 30.1 Å². The summed E-state index contributed by atoms with van der Waals surface area (Å²) in [4.78, 5) is 14.7. The topological polar surface area (TPSA) is 47.4 Å². The zero-order chi connectivity index (χ0) is 17.4. The van der Waals surface area contributed by atoms with Gasteiger partial charge in [-0.1, -0.05) is 12.1 Å². The lowest BCUT2D eigenvalue weighted by atomic mass is 9.99. The molecule has 1 atom stereocenters. The summed E-state index contributed by atoms with van der Waals surface area (Å²) in [5.41, 5.74) is 2.24. The van der Waals surface area contributed by atoms with Crippen molar-refractivity contribution in [3.8, 4) is 0 Å². The van der Waals surface area contributed by atoms with E-state index in [4.69, 9.17) is 4.74 Å². The minimum atomic E-state index is -0.485. The van der Waals surface area contributed by atoms with E-state index in [-0.39, 0.29) is 17.5 Å². The molecular weight excluding hydrogens is 321 g/mol. The SMILES string of the molecule is Cn1ncc2c1C(COCC1CC1)N(C(=O)c1ccccc1F)CC2. The molecule has 6 heteroatoms. The Balaban J connectivity index is 1.61. The van der Waals surface area contributed by atoms with Crippen LogP contribution < -0.4 is 0 Å². The maximum atomic E-state index is 14.1. The number of nitrogens with zero attached hydrogens (tertiary/aromatic N) is 3. The fourth-order valence-electron chi connectivity index (χ4n) is 3.49. The second-order valence-corrected chi connectivity index (χ2v) is 6.90. The molecule has 1 aliphatic heterocycles. The quantitative estimate of drug-likeness (QED) is 0.839. The maximum absolute atomic E-state index is 14.1. The normalized spacial score (nSPS) is 19.8. The van der Waals surface area contributed by atoms with E-state index in [0.717, 1.165) is 24.3 Å². The third kappa shape index (κ3) is 3.18. The van der Waals surface area contributed by atoms with Crippen molar-refractivity contribution in [3.05, 3.63) is 53.1 Å². The molecule has 2 heterocycles. The van der Waals surface area contributed by atoms with E-state index in [1.807, 2.05) is 13.2 Å². The molecule has 0 bridgehead atoms. The number of fused-ring (bicyclic) bond motifs is 1. The molecule has 1 amide bonds. The van der Waals surface area contributed by atoms with Crippen LogP contribution in [-0.2, 0) is 18.2 Å². The third-order valence-electron chi connectivity index (χ3n) is 5.07. The van der Waals surface area contributed by atoms with Crippen LogP contribution in [-0.4, -0.2) is 40.3 Å². The molecule has 1 saturated carbocycles. The first kappa shape index (κ1) is 16.3. The lowest BCUT2D eigenvalue weighted by Crippen LogP contribution is -2.43. The first-order chi connectivity index (χ1) is 12.1. The second kappa shape index (κ2) is 6.59. The van der Waals surface area contributed by atoms with Gasteiger partial charge in [-0.05, 0) is 42.9 Å². The van der Waals surface area contributed by atoms with Gasteiger partial charge in [0.1, 0.15) is 5.82 Å². The molecule has 1 aromatic carbocycles. The number of amides is 1. The van der Waals surface area contributed by atoms with Crippen LogP contribution in [0.15, 0.2) is 30.5 Å². The fraction of sp³-hybridized carbons (Fsp3) is 0.474. The number of aryl methyl sites for hydroxylation is 1. The molecular formula is C19H22FN3O2. The molecule has 2 aromatic rings. The molecule has 0 N–H and O–H groups in total. The van der Waals surface area contributed by atoms with Crippen LogP contribution >= 0.6 is 0 Å². The number of ether oxygens (including phenoxy) is 1. The van der Waals surface area contributed by atoms with E-state index >= 15 is 0 Å². The van der Waals surface area contributed by atoms with Gasteiger partial charge in [0.2, 0.25) is 0 Å². The molecule has 132 valence electrons. The van der Waals surface area contributed by atoms with Crippen molar-refractivity contribution in [2.45, 2.75) is 25.3 Å². The molecule has 1 unspecified atom stereocenters. The average molecular weight is 343 g/mol. The smallest absolute Gasteiger partial charge is 0.257 e. The molecule has 1 fully saturated rings. The molecule has 1 aromatic heterocycles. The average Bonchev–Trinajstić information content (AvgIpc) is 3.36. The van der Waals surface area contributed by atoms with Crippen molar-refractivity contribution in [2.75, 3.05) is 19.8 Å². The highest BCUT2D eigenvalue weighted by Crippen LogP contribution is 2.33. The Kier molecular flexibility index (Phi) is 4.29. The summed E-state index contributed by atoms with van der Waals surface area (Å²) < 4.78 is 21.8. The molecule has 0 spiro atoms. The van der Waals surface area contributed by atoms with Crippen molar-refractivity contribution >= 4 is 5.91 Å². The summed E-state index contributed by atoms with van der Waals surface area (Å²) >= 11 is 0. The first-order valence-corrected chi connectivity index (χ1v) is 8.79. The van der Waals surface area contributed by atoms with Crippen LogP contribution in [0.1, 0.15) is 40.5 Å². The van der Waals surface area contributed by atoms with E-state index in [9.17, 15) is 9.18 Å². The van der Waals surface area contributed by atoms with E-state index in [0.29, 0.717) is 19.1 Å². The summed E-state index contributed by atoms with van der Waals surface area (Å²) in [5, 5.41) is 4.34. The molecule has 2 aliphatic rings. The Morgan fingerprint density at radius 2 is 2.12 bits per heavy atom. The van der Waals surface area contributed by atoms with E-state index in [1.54, 1.807) is 27.8 Å². The number of hydrogen-bond acceptors (Lipinski definition) is 3. The zero-order valence-electron chi connectivity index (χ0n) is 14.3.